The number of benzene rings is 1. The van der Waals surface area contributed by atoms with Crippen LogP contribution in [0.2, 0.25) is 0 Å². The lowest BCUT2D eigenvalue weighted by atomic mass is 10.1. The van der Waals surface area contributed by atoms with E-state index < -0.39 is 0 Å². The van der Waals surface area contributed by atoms with E-state index in [-0.39, 0.29) is 11.2 Å². The molecule has 3 N–H and O–H groups in total. The Morgan fingerprint density at radius 1 is 1.45 bits per heavy atom. The summed E-state index contributed by atoms with van der Waals surface area (Å²) in [5.74, 6) is 6.39. The van der Waals surface area contributed by atoms with Gasteiger partial charge >= 0.3 is 0 Å². The number of methoxy groups -OCH3 is 1. The van der Waals surface area contributed by atoms with Crippen LogP contribution in [0.15, 0.2) is 35.7 Å². The van der Waals surface area contributed by atoms with E-state index in [1.165, 1.54) is 22.8 Å². The molecule has 0 unspecified atom stereocenters. The quantitative estimate of drug-likeness (QED) is 0.579. The minimum Gasteiger partial charge on any atom is -0.497 e. The molecular weight excluding hydrogens is 302 g/mol. The molecule has 0 saturated heterocycles. The number of carbonyl (C=O) groups excluding carboxylic acids is 1. The smallest absolute Gasteiger partial charge is 0.233 e. The van der Waals surface area contributed by atoms with Crippen molar-refractivity contribution >= 4 is 17.7 Å². The second kappa shape index (κ2) is 7.69. The van der Waals surface area contributed by atoms with Gasteiger partial charge in [-0.2, -0.15) is 0 Å². The van der Waals surface area contributed by atoms with Gasteiger partial charge in [-0.15, -0.1) is 10.2 Å². The zero-order valence-electron chi connectivity index (χ0n) is 12.5. The third-order valence-corrected chi connectivity index (χ3v) is 4.13. The number of aromatic nitrogens is 3. The molecule has 0 aliphatic rings. The van der Waals surface area contributed by atoms with Crippen molar-refractivity contribution in [3.05, 3.63) is 36.2 Å². The predicted molar refractivity (Wildman–Crippen MR) is 85.2 cm³/mol. The Balaban J connectivity index is 1.75. The lowest BCUT2D eigenvalue weighted by molar-refractivity contribution is -0.120. The van der Waals surface area contributed by atoms with E-state index in [9.17, 15) is 4.79 Å². The van der Waals surface area contributed by atoms with Gasteiger partial charge < -0.3 is 15.9 Å². The van der Waals surface area contributed by atoms with Crippen LogP contribution in [-0.2, 0) is 11.2 Å². The summed E-state index contributed by atoms with van der Waals surface area (Å²) in [4.78, 5) is 12.0. The van der Waals surface area contributed by atoms with E-state index in [4.69, 9.17) is 10.6 Å². The third kappa shape index (κ3) is 4.39. The summed E-state index contributed by atoms with van der Waals surface area (Å²) in [7, 11) is 1.64. The largest absolute Gasteiger partial charge is 0.497 e. The van der Waals surface area contributed by atoms with Gasteiger partial charge in [0, 0.05) is 6.54 Å². The Morgan fingerprint density at radius 3 is 2.77 bits per heavy atom. The number of rotatable bonds is 7. The molecule has 22 heavy (non-hydrogen) atoms. The first kappa shape index (κ1) is 16.2. The highest BCUT2D eigenvalue weighted by molar-refractivity contribution is 8.00. The lowest BCUT2D eigenvalue weighted by Crippen LogP contribution is -2.32. The normalized spacial score (nSPS) is 11.9. The summed E-state index contributed by atoms with van der Waals surface area (Å²) in [5, 5.41) is 10.6. The molecule has 7 nitrogen and oxygen atoms in total. The lowest BCUT2D eigenvalue weighted by Gasteiger charge is -2.11. The first-order valence-electron chi connectivity index (χ1n) is 6.82. The van der Waals surface area contributed by atoms with Gasteiger partial charge in [-0.05, 0) is 31.0 Å². The van der Waals surface area contributed by atoms with Crippen molar-refractivity contribution in [3.8, 4) is 5.75 Å². The molecule has 0 aliphatic heterocycles. The van der Waals surface area contributed by atoms with Crippen LogP contribution in [0, 0.1) is 0 Å². The van der Waals surface area contributed by atoms with Gasteiger partial charge in [0.2, 0.25) is 11.1 Å². The number of hydrogen-bond donors (Lipinski definition) is 2. The van der Waals surface area contributed by atoms with Crippen molar-refractivity contribution in [2.24, 2.45) is 0 Å². The van der Waals surface area contributed by atoms with Crippen molar-refractivity contribution in [2.45, 2.75) is 23.8 Å². The highest BCUT2D eigenvalue weighted by atomic mass is 32.2. The standard InChI is InChI=1S/C14H19N5O2S/c1-10(22-14-18-17-9-19(14)15)13(20)16-8-7-11-3-5-12(21-2)6-4-11/h3-6,9-10H,7-8,15H2,1-2H3,(H,16,20)/t10-/m1/s1. The number of hydrogen-bond acceptors (Lipinski definition) is 6. The summed E-state index contributed by atoms with van der Waals surface area (Å²) in [6.45, 7) is 2.38. The van der Waals surface area contributed by atoms with E-state index in [0.717, 1.165) is 17.7 Å². The molecule has 2 aromatic rings. The minimum atomic E-state index is -0.289. The molecule has 0 fully saturated rings. The molecule has 1 atom stereocenters. The van der Waals surface area contributed by atoms with Gasteiger partial charge in [0.25, 0.3) is 0 Å². The van der Waals surface area contributed by atoms with Crippen LogP contribution < -0.4 is 15.9 Å². The number of thioether (sulfide) groups is 1. The van der Waals surface area contributed by atoms with E-state index in [2.05, 4.69) is 15.5 Å². The van der Waals surface area contributed by atoms with Crippen LogP contribution in [0.1, 0.15) is 12.5 Å². The van der Waals surface area contributed by atoms with Crippen LogP contribution in [-0.4, -0.2) is 39.7 Å². The van der Waals surface area contributed by atoms with Crippen molar-refractivity contribution in [1.82, 2.24) is 20.2 Å². The van der Waals surface area contributed by atoms with Crippen LogP contribution in [0.4, 0.5) is 0 Å². The van der Waals surface area contributed by atoms with Gasteiger partial charge in [-0.3, -0.25) is 4.79 Å². The number of nitrogens with one attached hydrogen (secondary N) is 1. The van der Waals surface area contributed by atoms with E-state index in [1.807, 2.05) is 31.2 Å². The maximum absolute atomic E-state index is 12.0. The van der Waals surface area contributed by atoms with Gasteiger partial charge in [-0.1, -0.05) is 23.9 Å². The van der Waals surface area contributed by atoms with Gasteiger partial charge in [0.15, 0.2) is 0 Å². The van der Waals surface area contributed by atoms with Crippen molar-refractivity contribution in [1.29, 1.82) is 0 Å². The monoisotopic (exact) mass is 321 g/mol. The molecule has 0 spiro atoms. The van der Waals surface area contributed by atoms with Gasteiger partial charge in [0.05, 0.1) is 12.4 Å². The molecule has 0 bridgehead atoms. The summed E-state index contributed by atoms with van der Waals surface area (Å²) < 4.78 is 6.40. The third-order valence-electron chi connectivity index (χ3n) is 3.06. The fourth-order valence-corrected chi connectivity index (χ4v) is 2.56. The Bertz CT molecular complexity index is 614. The van der Waals surface area contributed by atoms with Crippen LogP contribution >= 0.6 is 11.8 Å². The van der Waals surface area contributed by atoms with E-state index >= 15 is 0 Å². The number of nitrogens with zero attached hydrogens (tertiary/aromatic N) is 3. The summed E-state index contributed by atoms with van der Waals surface area (Å²) in [6, 6.07) is 7.79. The minimum absolute atomic E-state index is 0.0542. The highest BCUT2D eigenvalue weighted by Crippen LogP contribution is 2.19. The molecule has 0 radical (unpaired) electrons. The van der Waals surface area contributed by atoms with Crippen molar-refractivity contribution < 1.29 is 9.53 Å². The molecule has 0 saturated carbocycles. The maximum atomic E-state index is 12.0. The van der Waals surface area contributed by atoms with E-state index in [1.54, 1.807) is 7.11 Å². The second-order valence-electron chi connectivity index (χ2n) is 4.67. The summed E-state index contributed by atoms with van der Waals surface area (Å²) in [6.07, 6.45) is 2.16. The van der Waals surface area contributed by atoms with Crippen LogP contribution in [0.5, 0.6) is 5.75 Å². The first-order chi connectivity index (χ1) is 10.6. The molecule has 8 heteroatoms. The zero-order valence-corrected chi connectivity index (χ0v) is 13.3. The zero-order chi connectivity index (χ0) is 15.9. The molecule has 2 rings (SSSR count). The predicted octanol–water partition coefficient (Wildman–Crippen LogP) is 0.840. The molecule has 118 valence electrons. The second-order valence-corrected chi connectivity index (χ2v) is 5.98. The fraction of sp³-hybridized carbons (Fsp3) is 0.357. The molecule has 1 amide bonds. The topological polar surface area (TPSA) is 95.1 Å². The molecule has 1 aromatic heterocycles. The number of amides is 1. The average molecular weight is 321 g/mol. The average Bonchev–Trinajstić information content (AvgIpc) is 2.93. The first-order valence-corrected chi connectivity index (χ1v) is 7.70. The van der Waals surface area contributed by atoms with Gasteiger partial charge in [0.1, 0.15) is 12.1 Å². The van der Waals surface area contributed by atoms with Gasteiger partial charge in [-0.25, -0.2) is 4.68 Å². The highest BCUT2D eigenvalue weighted by Gasteiger charge is 2.16. The molecular formula is C14H19N5O2S. The fourth-order valence-electron chi connectivity index (χ4n) is 1.79. The van der Waals surface area contributed by atoms with Crippen LogP contribution in [0.25, 0.3) is 0 Å². The molecule has 1 heterocycles. The maximum Gasteiger partial charge on any atom is 0.233 e. The van der Waals surface area contributed by atoms with E-state index in [0.29, 0.717) is 11.7 Å². The summed E-state index contributed by atoms with van der Waals surface area (Å²) in [5.41, 5.74) is 1.14. The van der Waals surface area contributed by atoms with Crippen molar-refractivity contribution in [2.75, 3.05) is 19.5 Å². The summed E-state index contributed by atoms with van der Waals surface area (Å²) >= 11 is 1.27. The number of carbonyl (C=O) groups is 1. The Hall–Kier alpha value is -2.22. The Morgan fingerprint density at radius 2 is 2.18 bits per heavy atom. The Kier molecular flexibility index (Phi) is 5.65. The number of nitrogens with two attached hydrogens (primary N) is 1. The number of nitrogen functional groups attached to an aromatic ring is 1. The van der Waals surface area contributed by atoms with Crippen LogP contribution in [0.3, 0.4) is 0 Å². The Labute approximate surface area is 133 Å². The molecule has 1 aromatic carbocycles. The SMILES string of the molecule is COc1ccc(CCNC(=O)[C@@H](C)Sc2nncn2N)cc1. The number of ether oxygens (including phenoxy) is 1. The molecule has 0 aliphatic carbocycles. The van der Waals surface area contributed by atoms with Crippen molar-refractivity contribution in [3.63, 3.8) is 0 Å².